The van der Waals surface area contributed by atoms with Gasteiger partial charge in [-0.15, -0.1) is 0 Å². The van der Waals surface area contributed by atoms with Crippen LogP contribution in [0.2, 0.25) is 5.02 Å². The first-order valence-corrected chi connectivity index (χ1v) is 6.50. The number of benzene rings is 1. The van der Waals surface area contributed by atoms with Crippen LogP contribution >= 0.6 is 11.6 Å². The number of nitrogens with one attached hydrogen (secondary N) is 1. The summed E-state index contributed by atoms with van der Waals surface area (Å²) in [7, 11) is 0. The molecule has 1 aromatic carbocycles. The van der Waals surface area contributed by atoms with Gasteiger partial charge in [-0.3, -0.25) is 5.32 Å². The summed E-state index contributed by atoms with van der Waals surface area (Å²) in [6, 6.07) is 7.04. The molecule has 2 aliphatic carbocycles. The summed E-state index contributed by atoms with van der Waals surface area (Å²) >= 11 is 5.85. The fourth-order valence-electron chi connectivity index (χ4n) is 2.72. The molecular weight excluding hydrogens is 250 g/mol. The molecule has 0 aromatic heterocycles. The first kappa shape index (κ1) is 11.6. The van der Waals surface area contributed by atoms with Crippen LogP contribution in [0, 0.1) is 11.8 Å². The Balaban J connectivity index is 1.58. The average Bonchev–Trinajstić information content (AvgIpc) is 2.90. The van der Waals surface area contributed by atoms with E-state index in [1.54, 1.807) is 24.3 Å². The van der Waals surface area contributed by atoms with Crippen LogP contribution in [0.25, 0.3) is 0 Å². The van der Waals surface area contributed by atoms with Crippen LogP contribution in [0.5, 0.6) is 0 Å². The summed E-state index contributed by atoms with van der Waals surface area (Å²) in [5, 5.41) is 3.29. The van der Waals surface area contributed by atoms with E-state index in [2.05, 4.69) is 17.5 Å². The minimum Gasteiger partial charge on any atom is -0.445 e. The lowest BCUT2D eigenvalue weighted by molar-refractivity contribution is 0.0957. The molecule has 3 rings (SSSR count). The Morgan fingerprint density at radius 1 is 1.33 bits per heavy atom. The molecule has 2 bridgehead atoms. The lowest BCUT2D eigenvalue weighted by Crippen LogP contribution is -2.25. The summed E-state index contributed by atoms with van der Waals surface area (Å²) in [6.07, 6.45) is 6.08. The smallest absolute Gasteiger partial charge is 0.411 e. The van der Waals surface area contributed by atoms with Crippen molar-refractivity contribution in [1.82, 2.24) is 0 Å². The highest BCUT2D eigenvalue weighted by Crippen LogP contribution is 2.40. The van der Waals surface area contributed by atoms with E-state index in [1.165, 1.54) is 0 Å². The van der Waals surface area contributed by atoms with Crippen molar-refractivity contribution in [3.63, 3.8) is 0 Å². The van der Waals surface area contributed by atoms with E-state index in [9.17, 15) is 4.79 Å². The summed E-state index contributed by atoms with van der Waals surface area (Å²) < 4.78 is 5.44. The number of allylic oxidation sites excluding steroid dienone is 1. The van der Waals surface area contributed by atoms with Crippen molar-refractivity contribution in [2.75, 3.05) is 5.32 Å². The van der Waals surface area contributed by atoms with Gasteiger partial charge in [0.1, 0.15) is 6.10 Å². The van der Waals surface area contributed by atoms with Gasteiger partial charge in [0.25, 0.3) is 0 Å². The number of amides is 1. The second-order valence-corrected chi connectivity index (χ2v) is 5.30. The van der Waals surface area contributed by atoms with Crippen molar-refractivity contribution in [1.29, 1.82) is 0 Å². The van der Waals surface area contributed by atoms with Crippen LogP contribution in [0.4, 0.5) is 10.5 Å². The number of carbonyl (C=O) groups excluding carboxylic acids is 1. The zero-order valence-electron chi connectivity index (χ0n) is 9.80. The molecule has 0 aliphatic heterocycles. The minimum atomic E-state index is -0.400. The SMILES string of the molecule is O=C(Nc1cccc(Cl)c1)O[C@@H]1C[C@@H]2C=C[C@H]1C2. The Kier molecular flexibility index (Phi) is 3.00. The predicted molar refractivity (Wildman–Crippen MR) is 70.7 cm³/mol. The number of hydrogen-bond acceptors (Lipinski definition) is 2. The minimum absolute atomic E-state index is 0.0270. The first-order chi connectivity index (χ1) is 8.70. The Bertz CT molecular complexity index is 500. The van der Waals surface area contributed by atoms with Gasteiger partial charge in [0.2, 0.25) is 0 Å². The number of carbonyl (C=O) groups is 1. The fourth-order valence-corrected chi connectivity index (χ4v) is 2.91. The maximum Gasteiger partial charge on any atom is 0.411 e. The van der Waals surface area contributed by atoms with E-state index in [-0.39, 0.29) is 6.10 Å². The van der Waals surface area contributed by atoms with Crippen LogP contribution in [0.1, 0.15) is 12.8 Å². The number of hydrogen-bond donors (Lipinski definition) is 1. The zero-order chi connectivity index (χ0) is 12.5. The van der Waals surface area contributed by atoms with E-state index in [0.717, 1.165) is 12.8 Å². The number of ether oxygens (including phenoxy) is 1. The molecule has 3 atom stereocenters. The van der Waals surface area contributed by atoms with Gasteiger partial charge in [0, 0.05) is 16.6 Å². The monoisotopic (exact) mass is 263 g/mol. The van der Waals surface area contributed by atoms with Gasteiger partial charge in [-0.2, -0.15) is 0 Å². The molecule has 94 valence electrons. The molecule has 1 N–H and O–H groups in total. The van der Waals surface area contributed by atoms with Gasteiger partial charge in [0.15, 0.2) is 0 Å². The highest BCUT2D eigenvalue weighted by atomic mass is 35.5. The van der Waals surface area contributed by atoms with Crippen LogP contribution in [-0.2, 0) is 4.74 Å². The van der Waals surface area contributed by atoms with Gasteiger partial charge < -0.3 is 4.74 Å². The molecule has 0 radical (unpaired) electrons. The van der Waals surface area contributed by atoms with Crippen molar-refractivity contribution in [3.8, 4) is 0 Å². The molecule has 1 aromatic rings. The van der Waals surface area contributed by atoms with E-state index in [1.807, 2.05) is 0 Å². The quantitative estimate of drug-likeness (QED) is 0.823. The van der Waals surface area contributed by atoms with E-state index < -0.39 is 6.09 Å². The Labute approximate surface area is 111 Å². The fraction of sp³-hybridized carbons (Fsp3) is 0.357. The highest BCUT2D eigenvalue weighted by Gasteiger charge is 2.38. The maximum absolute atomic E-state index is 11.8. The summed E-state index contributed by atoms with van der Waals surface area (Å²) in [5.41, 5.74) is 0.659. The van der Waals surface area contributed by atoms with Gasteiger partial charge in [-0.1, -0.05) is 29.8 Å². The van der Waals surface area contributed by atoms with Gasteiger partial charge in [-0.25, -0.2) is 4.79 Å². The second-order valence-electron chi connectivity index (χ2n) is 4.86. The third kappa shape index (κ3) is 2.36. The summed E-state index contributed by atoms with van der Waals surface area (Å²) in [4.78, 5) is 11.8. The Morgan fingerprint density at radius 2 is 2.22 bits per heavy atom. The molecular formula is C14H14ClNO2. The molecule has 0 heterocycles. The summed E-state index contributed by atoms with van der Waals surface area (Å²) in [5.74, 6) is 0.999. The maximum atomic E-state index is 11.8. The topological polar surface area (TPSA) is 38.3 Å². The van der Waals surface area contributed by atoms with Crippen molar-refractivity contribution in [3.05, 3.63) is 41.4 Å². The molecule has 0 saturated heterocycles. The number of rotatable bonds is 2. The molecule has 1 fully saturated rings. The molecule has 0 spiro atoms. The molecule has 3 nitrogen and oxygen atoms in total. The standard InChI is InChI=1S/C14H14ClNO2/c15-11-2-1-3-12(8-11)16-14(17)18-13-7-9-4-5-10(13)6-9/h1-5,8-10,13H,6-7H2,(H,16,17)/t9-,10+,13-/m1/s1. The van der Waals surface area contributed by atoms with Crippen molar-refractivity contribution in [2.45, 2.75) is 18.9 Å². The molecule has 2 aliphatic rings. The molecule has 1 saturated carbocycles. The second kappa shape index (κ2) is 4.65. The first-order valence-electron chi connectivity index (χ1n) is 6.12. The van der Waals surface area contributed by atoms with Gasteiger partial charge in [0.05, 0.1) is 0 Å². The molecule has 1 amide bonds. The normalized spacial score (nSPS) is 28.4. The van der Waals surface area contributed by atoms with E-state index in [4.69, 9.17) is 16.3 Å². The van der Waals surface area contributed by atoms with Crippen molar-refractivity contribution < 1.29 is 9.53 Å². The largest absolute Gasteiger partial charge is 0.445 e. The Morgan fingerprint density at radius 3 is 2.89 bits per heavy atom. The summed E-state index contributed by atoms with van der Waals surface area (Å²) in [6.45, 7) is 0. The number of fused-ring (bicyclic) bond motifs is 2. The van der Waals surface area contributed by atoms with E-state index in [0.29, 0.717) is 22.5 Å². The Hall–Kier alpha value is -1.48. The average molecular weight is 264 g/mol. The third-order valence-corrected chi connectivity index (χ3v) is 3.78. The lowest BCUT2D eigenvalue weighted by atomic mass is 10.1. The molecule has 4 heteroatoms. The van der Waals surface area contributed by atoms with E-state index >= 15 is 0 Å². The van der Waals surface area contributed by atoms with Crippen LogP contribution in [0.3, 0.4) is 0 Å². The highest BCUT2D eigenvalue weighted by molar-refractivity contribution is 6.30. The van der Waals surface area contributed by atoms with Gasteiger partial charge in [-0.05, 0) is 37.0 Å². The molecule has 18 heavy (non-hydrogen) atoms. The van der Waals surface area contributed by atoms with Crippen molar-refractivity contribution in [2.24, 2.45) is 11.8 Å². The van der Waals surface area contributed by atoms with Crippen LogP contribution < -0.4 is 5.32 Å². The number of anilines is 1. The van der Waals surface area contributed by atoms with Crippen LogP contribution in [-0.4, -0.2) is 12.2 Å². The third-order valence-electron chi connectivity index (χ3n) is 3.55. The lowest BCUT2D eigenvalue weighted by Gasteiger charge is -2.19. The van der Waals surface area contributed by atoms with Crippen molar-refractivity contribution >= 4 is 23.4 Å². The number of halogens is 1. The van der Waals surface area contributed by atoms with Crippen LogP contribution in [0.15, 0.2) is 36.4 Å². The zero-order valence-corrected chi connectivity index (χ0v) is 10.6. The molecule has 0 unspecified atom stereocenters. The predicted octanol–water partition coefficient (Wildman–Crippen LogP) is 3.85. The van der Waals surface area contributed by atoms with Gasteiger partial charge >= 0.3 is 6.09 Å².